The maximum atomic E-state index is 6.03. The number of guanidine groups is 1. The number of aliphatic imine (C=N–C) groups is 1. The minimum Gasteiger partial charge on any atom is -0.378 e. The quantitative estimate of drug-likeness (QED) is 0.814. The number of ether oxygens (including phenoxy) is 1. The Bertz CT molecular complexity index is 303. The van der Waals surface area contributed by atoms with E-state index in [1.165, 1.54) is 0 Å². The summed E-state index contributed by atoms with van der Waals surface area (Å²) in [6.07, 6.45) is 3.59. The average Bonchev–Trinajstić information content (AvgIpc) is 2.59. The highest BCUT2D eigenvalue weighted by Gasteiger charge is 2.46. The van der Waals surface area contributed by atoms with E-state index in [2.05, 4.69) is 30.7 Å². The molecule has 0 saturated carbocycles. The van der Waals surface area contributed by atoms with Crippen LogP contribution in [0.3, 0.4) is 0 Å². The van der Waals surface area contributed by atoms with Gasteiger partial charge in [-0.2, -0.15) is 0 Å². The molecule has 4 nitrogen and oxygen atoms in total. The van der Waals surface area contributed by atoms with Crippen LogP contribution in [0.5, 0.6) is 0 Å². The molecule has 2 rings (SSSR count). The van der Waals surface area contributed by atoms with E-state index in [1.54, 1.807) is 0 Å². The molecule has 1 spiro atoms. The van der Waals surface area contributed by atoms with Crippen LogP contribution in [0.15, 0.2) is 4.99 Å². The van der Waals surface area contributed by atoms with Gasteiger partial charge in [-0.15, -0.1) is 0 Å². The lowest BCUT2D eigenvalue weighted by molar-refractivity contribution is -0.0672. The number of nitrogens with zero attached hydrogens (tertiary/aromatic N) is 2. The van der Waals surface area contributed by atoms with E-state index in [1.807, 2.05) is 0 Å². The second-order valence-electron chi connectivity index (χ2n) is 5.66. The van der Waals surface area contributed by atoms with Crippen molar-refractivity contribution in [2.75, 3.05) is 19.7 Å². The summed E-state index contributed by atoms with van der Waals surface area (Å²) < 4.78 is 5.87. The smallest absolute Gasteiger partial charge is 0.191 e. The van der Waals surface area contributed by atoms with E-state index >= 15 is 0 Å². The molecule has 2 aliphatic rings. The molecule has 0 amide bonds. The third-order valence-corrected chi connectivity index (χ3v) is 4.06. The van der Waals surface area contributed by atoms with Crippen molar-refractivity contribution >= 4 is 5.96 Å². The fourth-order valence-electron chi connectivity index (χ4n) is 2.97. The fourth-order valence-corrected chi connectivity index (χ4v) is 2.97. The zero-order valence-electron chi connectivity index (χ0n) is 11.3. The molecule has 0 radical (unpaired) electrons. The van der Waals surface area contributed by atoms with Crippen LogP contribution in [-0.2, 0) is 4.74 Å². The SMILES string of the molecule is CCCN1C(N)=NCC12CCOC(C(C)C)C2. The molecule has 0 aromatic carbocycles. The van der Waals surface area contributed by atoms with Crippen molar-refractivity contribution in [1.29, 1.82) is 0 Å². The lowest BCUT2D eigenvalue weighted by Crippen LogP contribution is -2.57. The van der Waals surface area contributed by atoms with Crippen LogP contribution in [0.1, 0.15) is 40.0 Å². The highest BCUT2D eigenvalue weighted by molar-refractivity contribution is 5.81. The summed E-state index contributed by atoms with van der Waals surface area (Å²) in [5.74, 6) is 1.30. The molecule has 0 aromatic rings. The first kappa shape index (κ1) is 12.7. The maximum Gasteiger partial charge on any atom is 0.191 e. The normalized spacial score (nSPS) is 33.5. The van der Waals surface area contributed by atoms with Crippen LogP contribution >= 0.6 is 0 Å². The van der Waals surface area contributed by atoms with Gasteiger partial charge in [0.1, 0.15) is 0 Å². The minimum atomic E-state index is 0.146. The van der Waals surface area contributed by atoms with Gasteiger partial charge in [0, 0.05) is 13.2 Å². The Balaban J connectivity index is 2.12. The number of hydrogen-bond acceptors (Lipinski definition) is 4. The summed E-state index contributed by atoms with van der Waals surface area (Å²) in [5.41, 5.74) is 6.17. The molecule has 0 aliphatic carbocycles. The summed E-state index contributed by atoms with van der Waals surface area (Å²) in [7, 11) is 0. The third kappa shape index (κ3) is 2.28. The predicted octanol–water partition coefficient (Wildman–Crippen LogP) is 1.60. The molecule has 2 N–H and O–H groups in total. The summed E-state index contributed by atoms with van der Waals surface area (Å²) in [4.78, 5) is 6.80. The van der Waals surface area contributed by atoms with E-state index in [0.29, 0.717) is 12.0 Å². The summed E-state index contributed by atoms with van der Waals surface area (Å²) >= 11 is 0. The number of nitrogens with two attached hydrogens (primary N) is 1. The molecule has 1 saturated heterocycles. The summed E-state index contributed by atoms with van der Waals surface area (Å²) in [6, 6.07) is 0. The zero-order valence-corrected chi connectivity index (χ0v) is 11.3. The highest BCUT2D eigenvalue weighted by Crippen LogP contribution is 2.36. The van der Waals surface area contributed by atoms with Crippen molar-refractivity contribution in [2.24, 2.45) is 16.6 Å². The highest BCUT2D eigenvalue weighted by atomic mass is 16.5. The van der Waals surface area contributed by atoms with Crippen LogP contribution in [0.2, 0.25) is 0 Å². The molecule has 4 heteroatoms. The van der Waals surface area contributed by atoms with Crippen LogP contribution < -0.4 is 5.73 Å². The molecular formula is C13H25N3O. The Morgan fingerprint density at radius 2 is 2.35 bits per heavy atom. The van der Waals surface area contributed by atoms with Crippen LogP contribution in [-0.4, -0.2) is 42.2 Å². The first-order valence-corrected chi connectivity index (χ1v) is 6.78. The van der Waals surface area contributed by atoms with Gasteiger partial charge in [-0.05, 0) is 25.2 Å². The van der Waals surface area contributed by atoms with Gasteiger partial charge in [-0.1, -0.05) is 20.8 Å². The second-order valence-corrected chi connectivity index (χ2v) is 5.66. The Morgan fingerprint density at radius 3 is 3.00 bits per heavy atom. The van der Waals surface area contributed by atoms with E-state index in [-0.39, 0.29) is 5.54 Å². The van der Waals surface area contributed by atoms with Gasteiger partial charge < -0.3 is 15.4 Å². The molecule has 17 heavy (non-hydrogen) atoms. The largest absolute Gasteiger partial charge is 0.378 e. The van der Waals surface area contributed by atoms with Crippen LogP contribution in [0.4, 0.5) is 0 Å². The van der Waals surface area contributed by atoms with Crippen molar-refractivity contribution in [3.8, 4) is 0 Å². The number of rotatable bonds is 3. The van der Waals surface area contributed by atoms with Gasteiger partial charge in [0.2, 0.25) is 0 Å². The molecule has 0 aromatic heterocycles. The van der Waals surface area contributed by atoms with E-state index in [9.17, 15) is 0 Å². The first-order valence-electron chi connectivity index (χ1n) is 6.78. The van der Waals surface area contributed by atoms with E-state index in [0.717, 1.165) is 44.9 Å². The molecule has 1 fully saturated rings. The van der Waals surface area contributed by atoms with Crippen molar-refractivity contribution in [1.82, 2.24) is 4.90 Å². The lowest BCUT2D eigenvalue weighted by atomic mass is 9.82. The van der Waals surface area contributed by atoms with Gasteiger partial charge in [-0.25, -0.2) is 0 Å². The van der Waals surface area contributed by atoms with Crippen molar-refractivity contribution in [3.05, 3.63) is 0 Å². The maximum absolute atomic E-state index is 6.03. The van der Waals surface area contributed by atoms with E-state index < -0.39 is 0 Å². The van der Waals surface area contributed by atoms with Gasteiger partial charge in [0.15, 0.2) is 5.96 Å². The Morgan fingerprint density at radius 1 is 1.59 bits per heavy atom. The first-order chi connectivity index (χ1) is 8.09. The Hall–Kier alpha value is -0.770. The number of hydrogen-bond donors (Lipinski definition) is 1. The zero-order chi connectivity index (χ0) is 12.5. The second kappa shape index (κ2) is 4.84. The molecule has 2 unspecified atom stereocenters. The summed E-state index contributed by atoms with van der Waals surface area (Å²) in [6.45, 7) is 9.36. The van der Waals surface area contributed by atoms with Crippen LogP contribution in [0.25, 0.3) is 0 Å². The molecular weight excluding hydrogens is 214 g/mol. The van der Waals surface area contributed by atoms with Gasteiger partial charge >= 0.3 is 0 Å². The van der Waals surface area contributed by atoms with Gasteiger partial charge in [0.05, 0.1) is 18.2 Å². The molecule has 2 aliphatic heterocycles. The fraction of sp³-hybridized carbons (Fsp3) is 0.923. The van der Waals surface area contributed by atoms with Gasteiger partial charge in [0.25, 0.3) is 0 Å². The lowest BCUT2D eigenvalue weighted by Gasteiger charge is -2.45. The van der Waals surface area contributed by atoms with E-state index in [4.69, 9.17) is 10.5 Å². The molecule has 2 heterocycles. The third-order valence-electron chi connectivity index (χ3n) is 4.06. The topological polar surface area (TPSA) is 50.8 Å². The van der Waals surface area contributed by atoms with Crippen molar-refractivity contribution < 1.29 is 4.74 Å². The molecule has 0 bridgehead atoms. The van der Waals surface area contributed by atoms with Crippen molar-refractivity contribution in [2.45, 2.75) is 51.7 Å². The van der Waals surface area contributed by atoms with Crippen LogP contribution in [0, 0.1) is 5.92 Å². The predicted molar refractivity (Wildman–Crippen MR) is 70.0 cm³/mol. The molecule has 2 atom stereocenters. The average molecular weight is 239 g/mol. The van der Waals surface area contributed by atoms with Crippen molar-refractivity contribution in [3.63, 3.8) is 0 Å². The standard InChI is InChI=1S/C13H25N3O/c1-4-6-16-12(14)15-9-13(16)5-7-17-11(8-13)10(2)3/h10-11H,4-9H2,1-3H3,(H2,14,15). The molecule has 98 valence electrons. The van der Waals surface area contributed by atoms with Gasteiger partial charge in [-0.3, -0.25) is 4.99 Å². The minimum absolute atomic E-state index is 0.146. The Kier molecular flexibility index (Phi) is 3.61. The summed E-state index contributed by atoms with van der Waals surface area (Å²) in [5, 5.41) is 0. The Labute approximate surface area is 104 Å². The monoisotopic (exact) mass is 239 g/mol.